The lowest BCUT2D eigenvalue weighted by Gasteiger charge is -2.06. The first-order valence-corrected chi connectivity index (χ1v) is 5.56. The minimum absolute atomic E-state index is 0.453. The Balaban J connectivity index is 2.51. The molecule has 1 aromatic heterocycles. The van der Waals surface area contributed by atoms with Crippen LogP contribution in [-0.4, -0.2) is 12.1 Å². The largest absolute Gasteiger partial charge is 0.481 e. The Hall–Kier alpha value is -1.55. The van der Waals surface area contributed by atoms with Crippen molar-refractivity contribution in [3.63, 3.8) is 0 Å². The molecule has 0 amide bonds. The summed E-state index contributed by atoms with van der Waals surface area (Å²) in [5.41, 5.74) is 7.77. The average Bonchev–Trinajstić information content (AvgIpc) is 2.28. The fraction of sp³-hybridized carbons (Fsp3) is 0.0833. The van der Waals surface area contributed by atoms with Crippen LogP contribution in [0.1, 0.15) is 0 Å². The van der Waals surface area contributed by atoms with Crippen LogP contribution in [0, 0.1) is 0 Å². The quantitative estimate of drug-likeness (QED) is 0.918. The van der Waals surface area contributed by atoms with Crippen LogP contribution in [0.25, 0.3) is 11.1 Å². The molecule has 4 heteroatoms. The van der Waals surface area contributed by atoms with E-state index in [1.54, 1.807) is 7.11 Å². The Morgan fingerprint density at radius 3 is 2.69 bits per heavy atom. The number of aromatic nitrogens is 1. The summed E-state index contributed by atoms with van der Waals surface area (Å²) in [6.07, 6.45) is 0. The van der Waals surface area contributed by atoms with Crippen LogP contribution in [-0.2, 0) is 0 Å². The molecule has 1 heterocycles. The maximum atomic E-state index is 5.71. The van der Waals surface area contributed by atoms with Crippen molar-refractivity contribution in [2.75, 3.05) is 12.8 Å². The predicted octanol–water partition coefficient (Wildman–Crippen LogP) is 3.10. The van der Waals surface area contributed by atoms with Crippen molar-refractivity contribution in [3.05, 3.63) is 40.9 Å². The lowest BCUT2D eigenvalue weighted by molar-refractivity contribution is 0.399. The van der Waals surface area contributed by atoms with Gasteiger partial charge in [0.1, 0.15) is 5.82 Å². The summed E-state index contributed by atoms with van der Waals surface area (Å²) >= 11 is 3.44. The number of rotatable bonds is 2. The van der Waals surface area contributed by atoms with E-state index in [1.807, 2.05) is 36.4 Å². The Bertz CT molecular complexity index is 514. The monoisotopic (exact) mass is 278 g/mol. The highest BCUT2D eigenvalue weighted by atomic mass is 79.9. The van der Waals surface area contributed by atoms with Gasteiger partial charge < -0.3 is 10.5 Å². The number of nitrogens with two attached hydrogens (primary N) is 1. The lowest BCUT2D eigenvalue weighted by atomic mass is 10.1. The number of nitrogens with zero attached hydrogens (tertiary/aromatic N) is 1. The summed E-state index contributed by atoms with van der Waals surface area (Å²) in [5, 5.41) is 0. The van der Waals surface area contributed by atoms with E-state index >= 15 is 0 Å². The average molecular weight is 279 g/mol. The Morgan fingerprint density at radius 2 is 2.00 bits per heavy atom. The van der Waals surface area contributed by atoms with E-state index in [9.17, 15) is 0 Å². The summed E-state index contributed by atoms with van der Waals surface area (Å²) in [6.45, 7) is 0. The molecule has 0 bridgehead atoms. The molecule has 3 nitrogen and oxygen atoms in total. The van der Waals surface area contributed by atoms with E-state index in [0.717, 1.165) is 15.6 Å². The van der Waals surface area contributed by atoms with Gasteiger partial charge in [0.25, 0.3) is 0 Å². The third kappa shape index (κ3) is 2.33. The molecule has 0 saturated heterocycles. The highest BCUT2D eigenvalue weighted by Gasteiger charge is 2.03. The van der Waals surface area contributed by atoms with Crippen LogP contribution in [0.5, 0.6) is 5.88 Å². The molecular formula is C12H11BrN2O. The molecule has 82 valence electrons. The molecule has 0 atom stereocenters. The van der Waals surface area contributed by atoms with E-state index in [4.69, 9.17) is 10.5 Å². The third-order valence-electron chi connectivity index (χ3n) is 2.19. The van der Waals surface area contributed by atoms with E-state index in [0.29, 0.717) is 11.7 Å². The first kappa shape index (κ1) is 11.0. The zero-order valence-corrected chi connectivity index (χ0v) is 10.4. The van der Waals surface area contributed by atoms with Crippen LogP contribution >= 0.6 is 15.9 Å². The zero-order valence-electron chi connectivity index (χ0n) is 8.77. The fourth-order valence-corrected chi connectivity index (χ4v) is 1.86. The van der Waals surface area contributed by atoms with Gasteiger partial charge in [0.05, 0.1) is 7.11 Å². The first-order valence-electron chi connectivity index (χ1n) is 4.76. The van der Waals surface area contributed by atoms with Crippen LogP contribution in [0.15, 0.2) is 40.9 Å². The number of hydrogen-bond donors (Lipinski definition) is 1. The topological polar surface area (TPSA) is 48.1 Å². The van der Waals surface area contributed by atoms with Crippen molar-refractivity contribution in [2.24, 2.45) is 0 Å². The number of pyridine rings is 1. The summed E-state index contributed by atoms with van der Waals surface area (Å²) in [7, 11) is 1.58. The van der Waals surface area contributed by atoms with Crippen molar-refractivity contribution in [1.29, 1.82) is 0 Å². The second kappa shape index (κ2) is 4.53. The molecule has 0 unspecified atom stereocenters. The van der Waals surface area contributed by atoms with Gasteiger partial charge in [-0.05, 0) is 29.3 Å². The van der Waals surface area contributed by atoms with Gasteiger partial charge in [0.15, 0.2) is 0 Å². The summed E-state index contributed by atoms with van der Waals surface area (Å²) in [5.74, 6) is 0.976. The summed E-state index contributed by atoms with van der Waals surface area (Å²) in [6, 6.07) is 11.7. The van der Waals surface area contributed by atoms with Gasteiger partial charge in [-0.1, -0.05) is 28.1 Å². The number of benzene rings is 1. The van der Waals surface area contributed by atoms with Crippen molar-refractivity contribution in [2.45, 2.75) is 0 Å². The van der Waals surface area contributed by atoms with Gasteiger partial charge >= 0.3 is 0 Å². The maximum Gasteiger partial charge on any atom is 0.215 e. The van der Waals surface area contributed by atoms with Crippen molar-refractivity contribution in [3.8, 4) is 17.0 Å². The molecule has 16 heavy (non-hydrogen) atoms. The number of hydrogen-bond acceptors (Lipinski definition) is 3. The smallest absolute Gasteiger partial charge is 0.215 e. The molecule has 1 aromatic carbocycles. The van der Waals surface area contributed by atoms with Gasteiger partial charge in [0, 0.05) is 10.5 Å². The highest BCUT2D eigenvalue weighted by molar-refractivity contribution is 9.10. The van der Waals surface area contributed by atoms with E-state index in [-0.39, 0.29) is 0 Å². The minimum atomic E-state index is 0.453. The molecular weight excluding hydrogens is 268 g/mol. The molecule has 2 N–H and O–H groups in total. The van der Waals surface area contributed by atoms with Gasteiger partial charge in [-0.25, -0.2) is 0 Å². The van der Waals surface area contributed by atoms with Gasteiger partial charge in [0.2, 0.25) is 5.88 Å². The number of methoxy groups -OCH3 is 1. The second-order valence-electron chi connectivity index (χ2n) is 3.33. The predicted molar refractivity (Wildman–Crippen MR) is 68.3 cm³/mol. The number of nitrogen functional groups attached to an aromatic ring is 1. The van der Waals surface area contributed by atoms with E-state index in [2.05, 4.69) is 20.9 Å². The first-order chi connectivity index (χ1) is 7.69. The Labute approximate surface area is 102 Å². The summed E-state index contributed by atoms with van der Waals surface area (Å²) < 4.78 is 6.11. The minimum Gasteiger partial charge on any atom is -0.481 e. The Kier molecular flexibility index (Phi) is 3.10. The fourth-order valence-electron chi connectivity index (χ4n) is 1.47. The second-order valence-corrected chi connectivity index (χ2v) is 4.25. The maximum absolute atomic E-state index is 5.71. The standard InChI is InChI=1S/C12H11BrN2O/c1-16-12-7-9(6-11(14)15-12)8-3-2-4-10(13)5-8/h2-7H,1H3,(H2,14,15). The molecule has 0 aliphatic rings. The van der Waals surface area contributed by atoms with Gasteiger partial charge in [-0.2, -0.15) is 4.98 Å². The van der Waals surface area contributed by atoms with Crippen LogP contribution in [0.2, 0.25) is 0 Å². The SMILES string of the molecule is COc1cc(-c2cccc(Br)c2)cc(N)n1. The lowest BCUT2D eigenvalue weighted by Crippen LogP contribution is -1.94. The molecule has 0 spiro atoms. The molecule has 2 rings (SSSR count). The van der Waals surface area contributed by atoms with E-state index in [1.165, 1.54) is 0 Å². The van der Waals surface area contributed by atoms with Crippen LogP contribution in [0.4, 0.5) is 5.82 Å². The van der Waals surface area contributed by atoms with Crippen molar-refractivity contribution in [1.82, 2.24) is 4.98 Å². The Morgan fingerprint density at radius 1 is 1.19 bits per heavy atom. The van der Waals surface area contributed by atoms with Crippen molar-refractivity contribution < 1.29 is 4.74 Å². The van der Waals surface area contributed by atoms with E-state index < -0.39 is 0 Å². The van der Waals surface area contributed by atoms with Crippen LogP contribution < -0.4 is 10.5 Å². The summed E-state index contributed by atoms with van der Waals surface area (Å²) in [4.78, 5) is 4.04. The molecule has 0 aliphatic heterocycles. The van der Waals surface area contributed by atoms with Gasteiger partial charge in [-0.3, -0.25) is 0 Å². The van der Waals surface area contributed by atoms with Crippen molar-refractivity contribution >= 4 is 21.7 Å². The molecule has 0 fully saturated rings. The zero-order chi connectivity index (χ0) is 11.5. The number of halogens is 1. The van der Waals surface area contributed by atoms with Gasteiger partial charge in [-0.15, -0.1) is 0 Å². The third-order valence-corrected chi connectivity index (χ3v) is 2.68. The number of ether oxygens (including phenoxy) is 1. The molecule has 0 aliphatic carbocycles. The normalized spacial score (nSPS) is 10.1. The molecule has 0 saturated carbocycles. The highest BCUT2D eigenvalue weighted by Crippen LogP contribution is 2.26. The molecule has 2 aromatic rings. The van der Waals surface area contributed by atoms with Crippen LogP contribution in [0.3, 0.4) is 0 Å². The number of anilines is 1. The molecule has 0 radical (unpaired) electrons.